The lowest BCUT2D eigenvalue weighted by molar-refractivity contribution is 1.07. The van der Waals surface area contributed by atoms with Gasteiger partial charge in [0, 0.05) is 50.3 Å². The summed E-state index contributed by atoms with van der Waals surface area (Å²) in [6.45, 7) is 4.11. The van der Waals surface area contributed by atoms with Gasteiger partial charge in [-0.15, -0.1) is 0 Å². The summed E-state index contributed by atoms with van der Waals surface area (Å²) in [4.78, 5) is 30.4. The second-order valence-corrected chi connectivity index (χ2v) is 16.8. The summed E-state index contributed by atoms with van der Waals surface area (Å²) in [6, 6.07) is 79.6. The lowest BCUT2D eigenvalue weighted by atomic mass is 9.88. The van der Waals surface area contributed by atoms with Crippen LogP contribution in [0.3, 0.4) is 0 Å². The van der Waals surface area contributed by atoms with E-state index in [0.717, 1.165) is 95.1 Å². The highest BCUT2D eigenvalue weighted by molar-refractivity contribution is 5.93. The largest absolute Gasteiger partial charge is 0.258 e. The van der Waals surface area contributed by atoms with E-state index in [4.69, 9.17) is 29.9 Å². The molecule has 0 aliphatic carbocycles. The molecule has 6 nitrogen and oxygen atoms in total. The third-order valence-electron chi connectivity index (χ3n) is 12.3. The molecule has 0 radical (unpaired) electrons. The van der Waals surface area contributed by atoms with Crippen LogP contribution in [0.4, 0.5) is 0 Å². The van der Waals surface area contributed by atoms with E-state index in [2.05, 4.69) is 153 Å². The molecule has 0 spiro atoms. The number of pyridine rings is 1. The Morgan fingerprint density at radius 1 is 0.221 bits per heavy atom. The fourth-order valence-electron chi connectivity index (χ4n) is 8.76. The average molecular weight is 873 g/mol. The van der Waals surface area contributed by atoms with Gasteiger partial charge in [0.2, 0.25) is 0 Å². The Morgan fingerprint density at radius 3 is 1.13 bits per heavy atom. The van der Waals surface area contributed by atoms with Crippen molar-refractivity contribution in [3.63, 3.8) is 0 Å². The molecule has 0 fully saturated rings. The molecule has 0 bridgehead atoms. The number of hydrogen-bond acceptors (Lipinski definition) is 6. The molecule has 11 rings (SSSR count). The van der Waals surface area contributed by atoms with E-state index in [1.54, 1.807) is 0 Å². The molecule has 322 valence electrons. The fourth-order valence-corrected chi connectivity index (χ4v) is 8.76. The van der Waals surface area contributed by atoms with Gasteiger partial charge in [-0.25, -0.2) is 24.9 Å². The van der Waals surface area contributed by atoms with Gasteiger partial charge in [-0.3, -0.25) is 4.98 Å². The summed E-state index contributed by atoms with van der Waals surface area (Å²) in [7, 11) is 0. The molecule has 0 atom stereocenters. The second-order valence-electron chi connectivity index (χ2n) is 16.8. The van der Waals surface area contributed by atoms with E-state index >= 15 is 0 Å². The minimum Gasteiger partial charge on any atom is -0.258 e. The molecule has 0 saturated heterocycles. The average Bonchev–Trinajstić information content (AvgIpc) is 3.41. The third kappa shape index (κ3) is 8.62. The Balaban J connectivity index is 1.04. The van der Waals surface area contributed by atoms with Crippen molar-refractivity contribution in [3.8, 4) is 113 Å². The number of aromatic nitrogens is 6. The molecule has 68 heavy (non-hydrogen) atoms. The minimum atomic E-state index is 0.598. The van der Waals surface area contributed by atoms with Gasteiger partial charge in [-0.1, -0.05) is 212 Å². The molecule has 0 saturated carbocycles. The summed E-state index contributed by atoms with van der Waals surface area (Å²) in [6.07, 6.45) is 0. The maximum Gasteiger partial charge on any atom is 0.164 e. The molecule has 11 aromatic rings. The van der Waals surface area contributed by atoms with E-state index < -0.39 is 0 Å². The highest BCUT2D eigenvalue weighted by Crippen LogP contribution is 2.41. The summed E-state index contributed by atoms with van der Waals surface area (Å²) in [5, 5.41) is 0. The molecule has 0 aliphatic rings. The number of rotatable bonds is 10. The van der Waals surface area contributed by atoms with E-state index in [1.165, 1.54) is 5.56 Å². The Bertz CT molecular complexity index is 3480. The lowest BCUT2D eigenvalue weighted by Crippen LogP contribution is -2.01. The minimum absolute atomic E-state index is 0.598. The smallest absolute Gasteiger partial charge is 0.164 e. The first-order valence-corrected chi connectivity index (χ1v) is 22.8. The fraction of sp³-hybridized carbons (Fsp3) is 0.0323. The monoisotopic (exact) mass is 872 g/mol. The zero-order chi connectivity index (χ0) is 45.8. The predicted octanol–water partition coefficient (Wildman–Crippen LogP) is 15.3. The third-order valence-corrected chi connectivity index (χ3v) is 12.3. The Kier molecular flexibility index (Phi) is 11.3. The van der Waals surface area contributed by atoms with Crippen molar-refractivity contribution in [2.24, 2.45) is 0 Å². The van der Waals surface area contributed by atoms with Gasteiger partial charge < -0.3 is 0 Å². The highest BCUT2D eigenvalue weighted by Gasteiger charge is 2.20. The molecule has 3 aromatic heterocycles. The van der Waals surface area contributed by atoms with Crippen LogP contribution in [0.15, 0.2) is 231 Å². The van der Waals surface area contributed by atoms with Gasteiger partial charge in [-0.2, -0.15) is 0 Å². The molecule has 3 heterocycles. The van der Waals surface area contributed by atoms with E-state index in [9.17, 15) is 0 Å². The van der Waals surface area contributed by atoms with Crippen LogP contribution in [0.2, 0.25) is 0 Å². The Hall–Kier alpha value is -9.00. The maximum absolute atomic E-state index is 5.17. The van der Waals surface area contributed by atoms with Crippen molar-refractivity contribution in [2.45, 2.75) is 13.8 Å². The van der Waals surface area contributed by atoms with Crippen molar-refractivity contribution in [1.29, 1.82) is 0 Å². The number of benzene rings is 8. The van der Waals surface area contributed by atoms with Crippen LogP contribution >= 0.6 is 0 Å². The summed E-state index contributed by atoms with van der Waals surface area (Å²) < 4.78 is 0. The van der Waals surface area contributed by atoms with Crippen LogP contribution in [0.5, 0.6) is 0 Å². The van der Waals surface area contributed by atoms with Crippen molar-refractivity contribution in [1.82, 2.24) is 29.9 Å². The summed E-state index contributed by atoms with van der Waals surface area (Å²) >= 11 is 0. The second kappa shape index (κ2) is 18.5. The molecule has 0 amide bonds. The number of aryl methyl sites for hydroxylation is 2. The number of hydrogen-bond donors (Lipinski definition) is 0. The van der Waals surface area contributed by atoms with Crippen molar-refractivity contribution < 1.29 is 0 Å². The summed E-state index contributed by atoms with van der Waals surface area (Å²) in [5.41, 5.74) is 18.1. The quantitative estimate of drug-likeness (QED) is 0.136. The topological polar surface area (TPSA) is 77.3 Å². The van der Waals surface area contributed by atoms with Gasteiger partial charge in [0.25, 0.3) is 0 Å². The predicted molar refractivity (Wildman–Crippen MR) is 277 cm³/mol. The standard InChI is InChI=1S/C62H44N6/c1-41-27-37-52(42(2)63-41)51-36-38-54(53-25-15-16-26-55(53)62-67-60(49-21-11-5-12-22-49)66-61(68-62)50-23-13-6-14-24-50)56(39-51)45-30-34-47(35-31-45)58-40-57(64-59(65-58)48-19-9-4-10-20-48)46-32-28-44(29-33-46)43-17-7-3-8-18-43/h3-40H,1-2H3. The molecular weight excluding hydrogens is 829 g/mol. The Labute approximate surface area is 396 Å². The van der Waals surface area contributed by atoms with Crippen molar-refractivity contribution >= 4 is 0 Å². The first kappa shape index (κ1) is 41.7. The van der Waals surface area contributed by atoms with Crippen LogP contribution in [0.1, 0.15) is 11.4 Å². The Morgan fingerprint density at radius 2 is 0.603 bits per heavy atom. The first-order valence-electron chi connectivity index (χ1n) is 22.8. The van der Waals surface area contributed by atoms with Gasteiger partial charge in [0.05, 0.1) is 11.4 Å². The summed E-state index contributed by atoms with van der Waals surface area (Å²) in [5.74, 6) is 2.50. The van der Waals surface area contributed by atoms with E-state index in [0.29, 0.717) is 23.3 Å². The van der Waals surface area contributed by atoms with Gasteiger partial charge in [-0.05, 0) is 71.0 Å². The first-order chi connectivity index (χ1) is 33.5. The molecule has 6 heteroatoms. The SMILES string of the molecule is Cc1ccc(-c2ccc(-c3ccccc3-c3nc(-c4ccccc4)nc(-c4ccccc4)n3)c(-c3ccc(-c4cc(-c5ccc(-c6ccccc6)cc5)nc(-c5ccccc5)n4)cc3)c2)c(C)n1. The van der Waals surface area contributed by atoms with Crippen LogP contribution in [0.25, 0.3) is 113 Å². The zero-order valence-electron chi connectivity index (χ0n) is 37.6. The molecule has 8 aromatic carbocycles. The van der Waals surface area contributed by atoms with E-state index in [1.807, 2.05) is 91.9 Å². The highest BCUT2D eigenvalue weighted by atomic mass is 15.0. The van der Waals surface area contributed by atoms with Crippen molar-refractivity contribution in [2.75, 3.05) is 0 Å². The van der Waals surface area contributed by atoms with Crippen LogP contribution in [0, 0.1) is 13.8 Å². The van der Waals surface area contributed by atoms with Gasteiger partial charge in [0.1, 0.15) is 0 Å². The molecular formula is C62H44N6. The lowest BCUT2D eigenvalue weighted by Gasteiger charge is -2.17. The van der Waals surface area contributed by atoms with Crippen LogP contribution < -0.4 is 0 Å². The van der Waals surface area contributed by atoms with Gasteiger partial charge >= 0.3 is 0 Å². The van der Waals surface area contributed by atoms with E-state index in [-0.39, 0.29) is 0 Å². The van der Waals surface area contributed by atoms with Crippen LogP contribution in [-0.4, -0.2) is 29.9 Å². The zero-order valence-corrected chi connectivity index (χ0v) is 37.6. The van der Waals surface area contributed by atoms with Crippen LogP contribution in [-0.2, 0) is 0 Å². The maximum atomic E-state index is 5.17. The molecule has 0 aliphatic heterocycles. The van der Waals surface area contributed by atoms with Gasteiger partial charge in [0.15, 0.2) is 23.3 Å². The molecule has 0 N–H and O–H groups in total. The normalized spacial score (nSPS) is 11.1. The van der Waals surface area contributed by atoms with Crippen molar-refractivity contribution in [3.05, 3.63) is 242 Å². The molecule has 0 unspecified atom stereocenters. The number of nitrogens with zero attached hydrogens (tertiary/aromatic N) is 6.